The van der Waals surface area contributed by atoms with Crippen LogP contribution in [0.25, 0.3) is 0 Å². The summed E-state index contributed by atoms with van der Waals surface area (Å²) >= 11 is 6.09. The second kappa shape index (κ2) is 5.21. The van der Waals surface area contributed by atoms with Crippen LogP contribution in [0.5, 0.6) is 5.75 Å². The molecule has 0 saturated carbocycles. The van der Waals surface area contributed by atoms with Crippen LogP contribution >= 0.6 is 11.6 Å². The number of hydrogen-bond acceptors (Lipinski definition) is 3. The topological polar surface area (TPSA) is 35.5 Å². The molecular formula is C12H15ClO3. The van der Waals surface area contributed by atoms with Crippen molar-refractivity contribution >= 4 is 17.6 Å². The summed E-state index contributed by atoms with van der Waals surface area (Å²) in [6, 6.07) is 1.74. The lowest BCUT2D eigenvalue weighted by molar-refractivity contribution is 0.0522. The van der Waals surface area contributed by atoms with Gasteiger partial charge in [-0.25, -0.2) is 4.79 Å². The minimum absolute atomic E-state index is 0.326. The van der Waals surface area contributed by atoms with Crippen molar-refractivity contribution in [3.8, 4) is 5.75 Å². The van der Waals surface area contributed by atoms with Crippen molar-refractivity contribution in [1.29, 1.82) is 0 Å². The summed E-state index contributed by atoms with van der Waals surface area (Å²) < 4.78 is 10.1. The molecule has 4 heteroatoms. The highest BCUT2D eigenvalue weighted by Crippen LogP contribution is 2.31. The Bertz CT molecular complexity index is 413. The fourth-order valence-corrected chi connectivity index (χ4v) is 1.69. The average Bonchev–Trinajstić information content (AvgIpc) is 2.25. The number of halogens is 1. The average molecular weight is 243 g/mol. The first-order chi connectivity index (χ1) is 7.52. The first kappa shape index (κ1) is 12.8. The second-order valence-electron chi connectivity index (χ2n) is 3.43. The third kappa shape index (κ3) is 2.30. The molecule has 0 fully saturated rings. The maximum atomic E-state index is 11.7. The molecule has 0 radical (unpaired) electrons. The number of carbonyl (C=O) groups excluding carboxylic acids is 1. The third-order valence-corrected chi connectivity index (χ3v) is 2.93. The Kier molecular flexibility index (Phi) is 4.19. The van der Waals surface area contributed by atoms with Crippen molar-refractivity contribution in [1.82, 2.24) is 0 Å². The lowest BCUT2D eigenvalue weighted by Crippen LogP contribution is -2.09. The van der Waals surface area contributed by atoms with E-state index in [0.29, 0.717) is 28.5 Å². The van der Waals surface area contributed by atoms with Gasteiger partial charge in [0.15, 0.2) is 0 Å². The van der Waals surface area contributed by atoms with Crippen molar-refractivity contribution in [3.05, 3.63) is 27.8 Å². The van der Waals surface area contributed by atoms with E-state index in [-0.39, 0.29) is 0 Å². The van der Waals surface area contributed by atoms with Gasteiger partial charge in [0.25, 0.3) is 0 Å². The molecule has 0 saturated heterocycles. The minimum Gasteiger partial charge on any atom is -0.496 e. The van der Waals surface area contributed by atoms with Gasteiger partial charge in [0, 0.05) is 5.02 Å². The van der Waals surface area contributed by atoms with E-state index in [2.05, 4.69) is 0 Å². The molecule has 0 aliphatic heterocycles. The second-order valence-corrected chi connectivity index (χ2v) is 3.81. The monoisotopic (exact) mass is 242 g/mol. The smallest absolute Gasteiger partial charge is 0.342 e. The van der Waals surface area contributed by atoms with Crippen LogP contribution in [0.15, 0.2) is 6.07 Å². The molecule has 0 amide bonds. The predicted molar refractivity (Wildman–Crippen MR) is 63.4 cm³/mol. The molecule has 0 heterocycles. The van der Waals surface area contributed by atoms with Crippen LogP contribution in [0.1, 0.15) is 28.4 Å². The third-order valence-electron chi connectivity index (χ3n) is 2.34. The van der Waals surface area contributed by atoms with Crippen LogP contribution in [0.4, 0.5) is 0 Å². The van der Waals surface area contributed by atoms with Gasteiger partial charge in [0.1, 0.15) is 11.3 Å². The number of hydrogen-bond donors (Lipinski definition) is 0. The van der Waals surface area contributed by atoms with Gasteiger partial charge in [-0.1, -0.05) is 11.6 Å². The van der Waals surface area contributed by atoms with Crippen molar-refractivity contribution in [2.75, 3.05) is 13.7 Å². The first-order valence-corrected chi connectivity index (χ1v) is 5.41. The molecule has 0 atom stereocenters. The molecule has 0 unspecified atom stereocenters. The van der Waals surface area contributed by atoms with E-state index >= 15 is 0 Å². The summed E-state index contributed by atoms with van der Waals surface area (Å²) in [6.45, 7) is 5.74. The molecule has 1 aromatic carbocycles. The Labute approximate surface area is 100 Å². The van der Waals surface area contributed by atoms with Crippen LogP contribution in [-0.4, -0.2) is 19.7 Å². The molecule has 0 aliphatic carbocycles. The van der Waals surface area contributed by atoms with E-state index in [0.717, 1.165) is 5.56 Å². The molecule has 88 valence electrons. The largest absolute Gasteiger partial charge is 0.496 e. The lowest BCUT2D eigenvalue weighted by Gasteiger charge is -2.13. The standard InChI is InChI=1S/C12H15ClO3/c1-5-16-12(14)10-8(3)11(13)7(2)6-9(10)15-4/h6H,5H2,1-4H3. The van der Waals surface area contributed by atoms with Crippen molar-refractivity contribution in [2.45, 2.75) is 20.8 Å². The quantitative estimate of drug-likeness (QED) is 0.764. The zero-order valence-corrected chi connectivity index (χ0v) is 10.6. The van der Waals surface area contributed by atoms with Gasteiger partial charge in [-0.15, -0.1) is 0 Å². The molecule has 0 bridgehead atoms. The van der Waals surface area contributed by atoms with Gasteiger partial charge >= 0.3 is 5.97 Å². The summed E-state index contributed by atoms with van der Waals surface area (Å²) in [5, 5.41) is 0.573. The predicted octanol–water partition coefficient (Wildman–Crippen LogP) is 3.14. The number of carbonyl (C=O) groups is 1. The minimum atomic E-state index is -0.404. The zero-order chi connectivity index (χ0) is 12.3. The Morgan fingerprint density at radius 3 is 2.56 bits per heavy atom. The SMILES string of the molecule is CCOC(=O)c1c(OC)cc(C)c(Cl)c1C. The Hall–Kier alpha value is -1.22. The molecule has 0 spiro atoms. The molecule has 16 heavy (non-hydrogen) atoms. The van der Waals surface area contributed by atoms with E-state index in [1.807, 2.05) is 6.92 Å². The summed E-state index contributed by atoms with van der Waals surface area (Å²) in [7, 11) is 1.52. The molecule has 0 N–H and O–H groups in total. The number of ether oxygens (including phenoxy) is 2. The van der Waals surface area contributed by atoms with E-state index in [1.54, 1.807) is 19.9 Å². The van der Waals surface area contributed by atoms with Gasteiger partial charge in [-0.05, 0) is 38.0 Å². The Morgan fingerprint density at radius 2 is 2.06 bits per heavy atom. The number of esters is 1. The summed E-state index contributed by atoms with van der Waals surface area (Å²) in [6.07, 6.45) is 0. The molecule has 0 aliphatic rings. The zero-order valence-electron chi connectivity index (χ0n) is 9.89. The fraction of sp³-hybridized carbons (Fsp3) is 0.417. The molecular weight excluding hydrogens is 228 g/mol. The van der Waals surface area contributed by atoms with Crippen LogP contribution < -0.4 is 4.74 Å². The molecule has 0 aromatic heterocycles. The van der Waals surface area contributed by atoms with Crippen LogP contribution in [0.2, 0.25) is 5.02 Å². The highest BCUT2D eigenvalue weighted by Gasteiger charge is 2.20. The van der Waals surface area contributed by atoms with Gasteiger partial charge in [0.05, 0.1) is 13.7 Å². The maximum Gasteiger partial charge on any atom is 0.342 e. The first-order valence-electron chi connectivity index (χ1n) is 5.03. The van der Waals surface area contributed by atoms with E-state index < -0.39 is 5.97 Å². The molecule has 1 rings (SSSR count). The van der Waals surface area contributed by atoms with Crippen LogP contribution in [0.3, 0.4) is 0 Å². The molecule has 3 nitrogen and oxygen atoms in total. The highest BCUT2D eigenvalue weighted by molar-refractivity contribution is 6.32. The van der Waals surface area contributed by atoms with Crippen LogP contribution in [-0.2, 0) is 4.74 Å². The van der Waals surface area contributed by atoms with Gasteiger partial charge < -0.3 is 9.47 Å². The van der Waals surface area contributed by atoms with Crippen molar-refractivity contribution in [3.63, 3.8) is 0 Å². The van der Waals surface area contributed by atoms with E-state index in [9.17, 15) is 4.79 Å². The fourth-order valence-electron chi connectivity index (χ4n) is 1.54. The van der Waals surface area contributed by atoms with Crippen molar-refractivity contribution < 1.29 is 14.3 Å². The summed E-state index contributed by atoms with van der Waals surface area (Å²) in [5.41, 5.74) is 1.97. The summed E-state index contributed by atoms with van der Waals surface area (Å²) in [4.78, 5) is 11.7. The number of methoxy groups -OCH3 is 1. The number of rotatable bonds is 3. The molecule has 1 aromatic rings. The van der Waals surface area contributed by atoms with E-state index in [1.165, 1.54) is 7.11 Å². The van der Waals surface area contributed by atoms with Crippen LogP contribution in [0, 0.1) is 13.8 Å². The maximum absolute atomic E-state index is 11.7. The van der Waals surface area contributed by atoms with Gasteiger partial charge in [-0.3, -0.25) is 0 Å². The van der Waals surface area contributed by atoms with Crippen molar-refractivity contribution in [2.24, 2.45) is 0 Å². The normalized spacial score (nSPS) is 10.1. The summed E-state index contributed by atoms with van der Waals surface area (Å²) in [5.74, 6) is 0.0941. The number of aryl methyl sites for hydroxylation is 1. The van der Waals surface area contributed by atoms with Gasteiger partial charge in [0.2, 0.25) is 0 Å². The Balaban J connectivity index is 3.35. The lowest BCUT2D eigenvalue weighted by atomic mass is 10.0. The Morgan fingerprint density at radius 1 is 1.44 bits per heavy atom. The number of benzene rings is 1. The highest BCUT2D eigenvalue weighted by atomic mass is 35.5. The van der Waals surface area contributed by atoms with Gasteiger partial charge in [-0.2, -0.15) is 0 Å². The van der Waals surface area contributed by atoms with E-state index in [4.69, 9.17) is 21.1 Å².